The molecule has 0 amide bonds. The van der Waals surface area contributed by atoms with Gasteiger partial charge >= 0.3 is 6.01 Å². The highest BCUT2D eigenvalue weighted by atomic mass is 35.5. The summed E-state index contributed by atoms with van der Waals surface area (Å²) in [6.07, 6.45) is 0. The first-order chi connectivity index (χ1) is 11.1. The number of nitrogens with one attached hydrogen (secondary N) is 1. The Bertz CT molecular complexity index is 783. The van der Waals surface area contributed by atoms with Crippen molar-refractivity contribution < 1.29 is 9.26 Å². The second-order valence-electron chi connectivity index (χ2n) is 4.84. The van der Waals surface area contributed by atoms with E-state index in [1.165, 1.54) is 0 Å². The Labute approximate surface area is 143 Å². The zero-order valence-electron chi connectivity index (χ0n) is 12.2. The predicted octanol–water partition coefficient (Wildman–Crippen LogP) is 4.93. The van der Waals surface area contributed by atoms with Gasteiger partial charge in [0.1, 0.15) is 0 Å². The summed E-state index contributed by atoms with van der Waals surface area (Å²) in [5, 5.41) is 8.00. The van der Waals surface area contributed by atoms with Crippen LogP contribution in [-0.2, 0) is 11.3 Å². The maximum atomic E-state index is 5.98. The summed E-state index contributed by atoms with van der Waals surface area (Å²) in [6, 6.07) is 13.1. The van der Waals surface area contributed by atoms with Crippen molar-refractivity contribution in [3.05, 3.63) is 58.1 Å². The Hall–Kier alpha value is -2.08. The predicted molar refractivity (Wildman–Crippen MR) is 90.2 cm³/mol. The van der Waals surface area contributed by atoms with Gasteiger partial charge in [-0.3, -0.25) is 0 Å². The van der Waals surface area contributed by atoms with Crippen molar-refractivity contribution >= 4 is 34.9 Å². The van der Waals surface area contributed by atoms with Gasteiger partial charge in [0.2, 0.25) is 5.82 Å². The monoisotopic (exact) mass is 349 g/mol. The van der Waals surface area contributed by atoms with E-state index in [0.717, 1.165) is 11.3 Å². The van der Waals surface area contributed by atoms with E-state index in [1.54, 1.807) is 25.3 Å². The number of anilines is 2. The number of methoxy groups -OCH3 is 1. The highest BCUT2D eigenvalue weighted by Crippen LogP contribution is 2.26. The van der Waals surface area contributed by atoms with Crippen LogP contribution in [0.15, 0.2) is 47.0 Å². The molecule has 1 N–H and O–H groups in total. The molecule has 0 radical (unpaired) electrons. The molecule has 118 valence electrons. The van der Waals surface area contributed by atoms with Crippen molar-refractivity contribution in [3.8, 4) is 11.4 Å². The molecule has 0 saturated heterocycles. The minimum absolute atomic E-state index is 0.288. The molecule has 0 aliphatic heterocycles. The number of aromatic nitrogens is 2. The number of hydrogen-bond acceptors (Lipinski definition) is 5. The second-order valence-corrected chi connectivity index (χ2v) is 5.71. The van der Waals surface area contributed by atoms with Crippen LogP contribution in [0.2, 0.25) is 10.0 Å². The first-order valence-electron chi connectivity index (χ1n) is 6.79. The number of rotatable bonds is 5. The Balaban J connectivity index is 1.76. The summed E-state index contributed by atoms with van der Waals surface area (Å²) in [5.41, 5.74) is 2.61. The highest BCUT2D eigenvalue weighted by Gasteiger charge is 2.10. The second kappa shape index (κ2) is 7.00. The molecule has 0 spiro atoms. The fourth-order valence-corrected chi connectivity index (χ4v) is 2.57. The van der Waals surface area contributed by atoms with Gasteiger partial charge in [-0.1, -0.05) is 40.5 Å². The van der Waals surface area contributed by atoms with E-state index in [1.807, 2.05) is 24.3 Å². The molecule has 1 aromatic heterocycles. The SMILES string of the molecule is COCc1ccc(Nc2nc(-c3cc(Cl)cc(Cl)c3)no2)cc1. The number of hydrogen-bond donors (Lipinski definition) is 1. The molecule has 0 aliphatic rings. The lowest BCUT2D eigenvalue weighted by molar-refractivity contribution is 0.185. The molecule has 0 saturated carbocycles. The van der Waals surface area contributed by atoms with Gasteiger partial charge in [0, 0.05) is 28.4 Å². The van der Waals surface area contributed by atoms with Crippen molar-refractivity contribution in [2.24, 2.45) is 0 Å². The molecule has 0 aliphatic carbocycles. The summed E-state index contributed by atoms with van der Waals surface area (Å²) in [6.45, 7) is 0.570. The molecular weight excluding hydrogens is 337 g/mol. The molecule has 3 rings (SSSR count). The number of halogens is 2. The molecule has 23 heavy (non-hydrogen) atoms. The topological polar surface area (TPSA) is 60.2 Å². The van der Waals surface area contributed by atoms with Crippen LogP contribution in [0, 0.1) is 0 Å². The van der Waals surface area contributed by atoms with Gasteiger partial charge in [-0.25, -0.2) is 0 Å². The third-order valence-electron chi connectivity index (χ3n) is 3.06. The normalized spacial score (nSPS) is 10.7. The van der Waals surface area contributed by atoms with Gasteiger partial charge in [-0.15, -0.1) is 0 Å². The van der Waals surface area contributed by atoms with E-state index in [-0.39, 0.29) is 6.01 Å². The number of nitrogens with zero attached hydrogens (tertiary/aromatic N) is 2. The Morgan fingerprint density at radius 1 is 1.09 bits per heavy atom. The highest BCUT2D eigenvalue weighted by molar-refractivity contribution is 6.35. The average Bonchev–Trinajstić information content (AvgIpc) is 2.97. The van der Waals surface area contributed by atoms with Crippen LogP contribution in [0.3, 0.4) is 0 Å². The molecule has 0 fully saturated rings. The van der Waals surface area contributed by atoms with Crippen LogP contribution in [0.25, 0.3) is 11.4 Å². The minimum atomic E-state index is 0.288. The Morgan fingerprint density at radius 3 is 2.43 bits per heavy atom. The molecule has 7 heteroatoms. The van der Waals surface area contributed by atoms with E-state index < -0.39 is 0 Å². The van der Waals surface area contributed by atoms with E-state index in [0.29, 0.717) is 28.0 Å². The molecule has 0 unspecified atom stereocenters. The molecule has 3 aromatic rings. The van der Waals surface area contributed by atoms with Crippen LogP contribution >= 0.6 is 23.2 Å². The van der Waals surface area contributed by atoms with Crippen LogP contribution in [-0.4, -0.2) is 17.3 Å². The number of benzene rings is 2. The van der Waals surface area contributed by atoms with Crippen LogP contribution in [0.4, 0.5) is 11.7 Å². The third-order valence-corrected chi connectivity index (χ3v) is 3.50. The van der Waals surface area contributed by atoms with E-state index >= 15 is 0 Å². The summed E-state index contributed by atoms with van der Waals surface area (Å²) in [7, 11) is 1.66. The lowest BCUT2D eigenvalue weighted by Crippen LogP contribution is -1.92. The quantitative estimate of drug-likeness (QED) is 0.707. The van der Waals surface area contributed by atoms with E-state index in [9.17, 15) is 0 Å². The molecule has 0 bridgehead atoms. The molecule has 5 nitrogen and oxygen atoms in total. The van der Waals surface area contributed by atoms with Crippen LogP contribution in [0.1, 0.15) is 5.56 Å². The maximum Gasteiger partial charge on any atom is 0.326 e. The minimum Gasteiger partial charge on any atom is -0.380 e. The van der Waals surface area contributed by atoms with Crippen molar-refractivity contribution in [3.63, 3.8) is 0 Å². The fraction of sp³-hybridized carbons (Fsp3) is 0.125. The lowest BCUT2D eigenvalue weighted by Gasteiger charge is -2.03. The van der Waals surface area contributed by atoms with Gasteiger partial charge in [0.25, 0.3) is 0 Å². The maximum absolute atomic E-state index is 5.98. The summed E-state index contributed by atoms with van der Waals surface area (Å²) in [4.78, 5) is 4.29. The van der Waals surface area contributed by atoms with E-state index in [4.69, 9.17) is 32.5 Å². The van der Waals surface area contributed by atoms with Crippen molar-refractivity contribution in [2.45, 2.75) is 6.61 Å². The van der Waals surface area contributed by atoms with Crippen molar-refractivity contribution in [2.75, 3.05) is 12.4 Å². The lowest BCUT2D eigenvalue weighted by atomic mass is 10.2. The smallest absolute Gasteiger partial charge is 0.326 e. The van der Waals surface area contributed by atoms with Gasteiger partial charge in [-0.05, 0) is 35.9 Å². The Morgan fingerprint density at radius 2 is 1.78 bits per heavy atom. The third kappa shape index (κ3) is 4.01. The summed E-state index contributed by atoms with van der Waals surface area (Å²) in [5.74, 6) is 0.410. The standard InChI is InChI=1S/C16H13Cl2N3O2/c1-22-9-10-2-4-14(5-3-10)19-16-20-15(21-23-16)11-6-12(17)8-13(18)7-11/h2-8H,9H2,1H3,(H,19,20,21). The summed E-state index contributed by atoms with van der Waals surface area (Å²) < 4.78 is 10.3. The van der Waals surface area contributed by atoms with Gasteiger partial charge in [0.05, 0.1) is 6.61 Å². The zero-order chi connectivity index (χ0) is 16.2. The Kier molecular flexibility index (Phi) is 4.81. The van der Waals surface area contributed by atoms with Crippen molar-refractivity contribution in [1.29, 1.82) is 0 Å². The van der Waals surface area contributed by atoms with Crippen LogP contribution < -0.4 is 5.32 Å². The summed E-state index contributed by atoms with van der Waals surface area (Å²) >= 11 is 12.0. The number of ether oxygens (including phenoxy) is 1. The van der Waals surface area contributed by atoms with Gasteiger partial charge < -0.3 is 14.6 Å². The average molecular weight is 350 g/mol. The van der Waals surface area contributed by atoms with Gasteiger partial charge in [0.15, 0.2) is 0 Å². The first kappa shape index (κ1) is 15.8. The zero-order valence-corrected chi connectivity index (χ0v) is 13.7. The largest absolute Gasteiger partial charge is 0.380 e. The fourth-order valence-electron chi connectivity index (χ4n) is 2.05. The molecule has 1 heterocycles. The van der Waals surface area contributed by atoms with Crippen molar-refractivity contribution in [1.82, 2.24) is 10.1 Å². The molecule has 2 aromatic carbocycles. The molecular formula is C16H13Cl2N3O2. The molecule has 0 atom stereocenters. The van der Waals surface area contributed by atoms with Gasteiger partial charge in [-0.2, -0.15) is 4.98 Å². The first-order valence-corrected chi connectivity index (χ1v) is 7.55. The van der Waals surface area contributed by atoms with E-state index in [2.05, 4.69) is 15.5 Å². The van der Waals surface area contributed by atoms with Crippen LogP contribution in [0.5, 0.6) is 0 Å².